The highest BCUT2D eigenvalue weighted by Crippen LogP contribution is 2.38. The number of amides is 1. The van der Waals surface area contributed by atoms with Crippen molar-refractivity contribution in [2.75, 3.05) is 40.9 Å². The largest absolute Gasteiger partial charge is 0.756 e. The summed E-state index contributed by atoms with van der Waals surface area (Å²) < 4.78 is 23.3. The van der Waals surface area contributed by atoms with E-state index in [0.29, 0.717) is 17.4 Å². The fourth-order valence-electron chi connectivity index (χ4n) is 7.74. The van der Waals surface area contributed by atoms with Gasteiger partial charge in [0.25, 0.3) is 7.82 Å². The third-order valence-electron chi connectivity index (χ3n) is 12.1. The number of phosphoric acid groups is 1. The van der Waals surface area contributed by atoms with Gasteiger partial charge in [0.05, 0.1) is 39.9 Å². The predicted octanol–water partition coefficient (Wildman–Crippen LogP) is 16.2. The van der Waals surface area contributed by atoms with Gasteiger partial charge in [-0.25, -0.2) is 0 Å². The predicted molar refractivity (Wildman–Crippen MR) is 293 cm³/mol. The first-order valence-corrected chi connectivity index (χ1v) is 29.4. The van der Waals surface area contributed by atoms with Gasteiger partial charge in [-0.05, 0) is 70.6 Å². The Labute approximate surface area is 420 Å². The van der Waals surface area contributed by atoms with E-state index in [0.717, 1.165) is 83.5 Å². The van der Waals surface area contributed by atoms with Gasteiger partial charge in [-0.3, -0.25) is 9.36 Å². The van der Waals surface area contributed by atoms with Crippen LogP contribution in [0.3, 0.4) is 0 Å². The second kappa shape index (κ2) is 49.7. The molecule has 0 rings (SSSR count). The van der Waals surface area contributed by atoms with Crippen molar-refractivity contribution in [1.82, 2.24) is 5.32 Å². The summed E-state index contributed by atoms with van der Waals surface area (Å²) in [6.07, 6.45) is 69.3. The van der Waals surface area contributed by atoms with Crippen LogP contribution in [0.15, 0.2) is 85.1 Å². The van der Waals surface area contributed by atoms with E-state index in [4.69, 9.17) is 9.05 Å². The highest BCUT2D eigenvalue weighted by atomic mass is 31.2. The SMILES string of the molecule is CC/C=C\C/C=C\C/C=C\C/C=C\C/C=C\C/C=C\CCCCCCCCCCCCC(=O)NC(COP(=O)([O-])OCC[N+](C)(C)C)C(O)/C=C/CCCCCCCCCCCCCCCCC. The normalized spacial score (nSPS) is 14.6. The number of carbonyl (C=O) groups is 1. The molecule has 68 heavy (non-hydrogen) atoms. The molecule has 2 N–H and O–H groups in total. The molecule has 8 nitrogen and oxygen atoms in total. The zero-order valence-electron chi connectivity index (χ0n) is 44.8. The Morgan fingerprint density at radius 1 is 0.529 bits per heavy atom. The van der Waals surface area contributed by atoms with Crippen LogP contribution in [0, 0.1) is 0 Å². The lowest BCUT2D eigenvalue weighted by molar-refractivity contribution is -0.870. The van der Waals surface area contributed by atoms with Crippen LogP contribution in [0.1, 0.15) is 232 Å². The number of allylic oxidation sites excluding steroid dienone is 13. The number of hydrogen-bond donors (Lipinski definition) is 2. The van der Waals surface area contributed by atoms with E-state index >= 15 is 0 Å². The summed E-state index contributed by atoms with van der Waals surface area (Å²) in [6, 6.07) is -0.894. The van der Waals surface area contributed by atoms with E-state index in [1.54, 1.807) is 6.08 Å². The van der Waals surface area contributed by atoms with E-state index < -0.39 is 20.0 Å². The Balaban J connectivity index is 4.23. The van der Waals surface area contributed by atoms with Gasteiger partial charge in [0, 0.05) is 6.42 Å². The molecule has 0 saturated heterocycles. The van der Waals surface area contributed by atoms with Crippen molar-refractivity contribution in [2.24, 2.45) is 0 Å². The average Bonchev–Trinajstić information content (AvgIpc) is 3.30. The number of nitrogens with zero attached hydrogens (tertiary/aromatic N) is 1. The lowest BCUT2D eigenvalue weighted by Gasteiger charge is -2.29. The van der Waals surface area contributed by atoms with Crippen LogP contribution in [0.2, 0.25) is 0 Å². The first kappa shape index (κ1) is 65.7. The van der Waals surface area contributed by atoms with Gasteiger partial charge in [-0.2, -0.15) is 0 Å². The topological polar surface area (TPSA) is 108 Å². The third kappa shape index (κ3) is 51.5. The molecular formula is C59H107N2O6P. The maximum Gasteiger partial charge on any atom is 0.268 e. The first-order chi connectivity index (χ1) is 33.0. The number of rotatable bonds is 50. The number of aliphatic hydroxyl groups excluding tert-OH is 1. The summed E-state index contributed by atoms with van der Waals surface area (Å²) in [7, 11) is 1.25. The van der Waals surface area contributed by atoms with Gasteiger partial charge in [0.1, 0.15) is 13.2 Å². The number of carbonyl (C=O) groups excluding carboxylic acids is 1. The fraction of sp³-hybridized carbons (Fsp3) is 0.746. The van der Waals surface area contributed by atoms with Crippen molar-refractivity contribution in [2.45, 2.75) is 244 Å². The molecular weight excluding hydrogens is 864 g/mol. The summed E-state index contributed by atoms with van der Waals surface area (Å²) in [5.41, 5.74) is 0. The molecule has 0 bridgehead atoms. The van der Waals surface area contributed by atoms with Gasteiger partial charge in [-0.15, -0.1) is 0 Å². The Morgan fingerprint density at radius 2 is 0.897 bits per heavy atom. The standard InChI is InChI=1S/C59H107N2O6P/c1-6-8-10-12-14-16-18-20-22-24-25-26-27-28-29-30-31-32-33-34-35-37-39-41-43-45-47-49-51-53-59(63)60-57(56-67-68(64,65)66-55-54-61(3,4)5)58(62)52-50-48-46-44-42-40-38-36-23-21-19-17-15-13-11-9-7-2/h8,10,14,16,20,22,25-26,28-29,31-32,50,52,57-58,62H,6-7,9,11-13,15,17-19,21,23-24,27,30,33-49,51,53-56H2,1-5H3,(H-,60,63,64,65)/b10-8-,16-14-,22-20-,26-25-,29-28-,32-31-,52-50+. The van der Waals surface area contributed by atoms with Crippen molar-refractivity contribution in [3.63, 3.8) is 0 Å². The Hall–Kier alpha value is -2.32. The molecule has 394 valence electrons. The molecule has 0 fully saturated rings. The molecule has 1 amide bonds. The smallest absolute Gasteiger partial charge is 0.268 e. The Kier molecular flexibility index (Phi) is 48.0. The Bertz CT molecular complexity index is 1380. The number of nitrogens with one attached hydrogen (secondary N) is 1. The number of aliphatic hydroxyl groups is 1. The molecule has 0 aliphatic rings. The quantitative estimate of drug-likeness (QED) is 0.0272. The minimum absolute atomic E-state index is 0.00522. The van der Waals surface area contributed by atoms with Crippen LogP contribution in [-0.2, 0) is 18.4 Å². The maximum absolute atomic E-state index is 13.0. The molecule has 0 aromatic rings. The fourth-order valence-corrected chi connectivity index (χ4v) is 8.47. The molecule has 0 aliphatic heterocycles. The summed E-state index contributed by atoms with van der Waals surface area (Å²) in [4.78, 5) is 25.5. The first-order valence-electron chi connectivity index (χ1n) is 27.9. The van der Waals surface area contributed by atoms with Crippen LogP contribution in [-0.4, -0.2) is 68.5 Å². The molecule has 0 saturated carbocycles. The molecule has 0 heterocycles. The number of quaternary nitrogens is 1. The summed E-state index contributed by atoms with van der Waals surface area (Å²) in [5.74, 6) is -0.204. The minimum Gasteiger partial charge on any atom is -0.756 e. The second-order valence-electron chi connectivity index (χ2n) is 19.9. The summed E-state index contributed by atoms with van der Waals surface area (Å²) in [6.45, 7) is 4.54. The molecule has 3 atom stereocenters. The van der Waals surface area contributed by atoms with Crippen LogP contribution in [0.4, 0.5) is 0 Å². The lowest BCUT2D eigenvalue weighted by Crippen LogP contribution is -2.45. The van der Waals surface area contributed by atoms with Gasteiger partial charge in [0.15, 0.2) is 0 Å². The van der Waals surface area contributed by atoms with E-state index in [9.17, 15) is 19.4 Å². The van der Waals surface area contributed by atoms with Gasteiger partial charge >= 0.3 is 0 Å². The number of unbranched alkanes of at least 4 members (excludes halogenated alkanes) is 25. The van der Waals surface area contributed by atoms with E-state index in [1.807, 2.05) is 27.2 Å². The molecule has 0 aliphatic carbocycles. The summed E-state index contributed by atoms with van der Waals surface area (Å²) >= 11 is 0. The van der Waals surface area contributed by atoms with E-state index in [2.05, 4.69) is 92.1 Å². The zero-order chi connectivity index (χ0) is 49.9. The van der Waals surface area contributed by atoms with Crippen LogP contribution in [0.5, 0.6) is 0 Å². The number of likely N-dealkylation sites (N-methyl/N-ethyl adjacent to an activating group) is 1. The van der Waals surface area contributed by atoms with Crippen molar-refractivity contribution in [1.29, 1.82) is 0 Å². The Morgan fingerprint density at radius 3 is 1.31 bits per heavy atom. The highest BCUT2D eigenvalue weighted by Gasteiger charge is 2.23. The maximum atomic E-state index is 13.0. The molecule has 0 aromatic carbocycles. The van der Waals surface area contributed by atoms with Crippen LogP contribution >= 0.6 is 7.82 Å². The average molecular weight is 971 g/mol. The van der Waals surface area contributed by atoms with Gasteiger partial charge in [-0.1, -0.05) is 240 Å². The molecule has 0 spiro atoms. The van der Waals surface area contributed by atoms with Crippen molar-refractivity contribution in [3.8, 4) is 0 Å². The zero-order valence-corrected chi connectivity index (χ0v) is 45.7. The van der Waals surface area contributed by atoms with Crippen LogP contribution < -0.4 is 10.2 Å². The minimum atomic E-state index is -4.60. The van der Waals surface area contributed by atoms with Crippen molar-refractivity contribution >= 4 is 13.7 Å². The van der Waals surface area contributed by atoms with Gasteiger partial charge < -0.3 is 28.8 Å². The monoisotopic (exact) mass is 971 g/mol. The molecule has 0 aromatic heterocycles. The highest BCUT2D eigenvalue weighted by molar-refractivity contribution is 7.45. The third-order valence-corrected chi connectivity index (χ3v) is 13.1. The van der Waals surface area contributed by atoms with E-state index in [1.165, 1.54) is 128 Å². The number of hydrogen-bond acceptors (Lipinski definition) is 6. The van der Waals surface area contributed by atoms with Crippen molar-refractivity contribution < 1.29 is 32.9 Å². The lowest BCUT2D eigenvalue weighted by atomic mass is 10.0. The van der Waals surface area contributed by atoms with E-state index in [-0.39, 0.29) is 19.1 Å². The van der Waals surface area contributed by atoms with Crippen molar-refractivity contribution in [3.05, 3.63) is 85.1 Å². The second-order valence-corrected chi connectivity index (χ2v) is 21.3. The number of phosphoric ester groups is 1. The van der Waals surface area contributed by atoms with Crippen LogP contribution in [0.25, 0.3) is 0 Å². The molecule has 0 radical (unpaired) electrons. The van der Waals surface area contributed by atoms with Gasteiger partial charge in [0.2, 0.25) is 5.91 Å². The summed E-state index contributed by atoms with van der Waals surface area (Å²) in [5, 5.41) is 13.9. The molecule has 9 heteroatoms. The molecule has 3 unspecified atom stereocenters.